The van der Waals surface area contributed by atoms with Crippen molar-refractivity contribution < 1.29 is 9.53 Å². The van der Waals surface area contributed by atoms with Gasteiger partial charge in [0.15, 0.2) is 5.78 Å². The highest BCUT2D eigenvalue weighted by molar-refractivity contribution is 6.36. The van der Waals surface area contributed by atoms with E-state index in [0.717, 1.165) is 16.7 Å². The molecular weight excluding hydrogens is 308 g/mol. The molecule has 1 aliphatic carbocycles. The van der Waals surface area contributed by atoms with E-state index in [1.807, 2.05) is 54.6 Å². The maximum absolute atomic E-state index is 12.6. The zero-order valence-corrected chi connectivity index (χ0v) is 13.0. The first-order chi connectivity index (χ1) is 11.2. The monoisotopic (exact) mass is 320 g/mol. The lowest BCUT2D eigenvalue weighted by Gasteiger charge is -2.08. The maximum atomic E-state index is 12.6. The van der Waals surface area contributed by atoms with Crippen LogP contribution in [0.5, 0.6) is 5.75 Å². The normalized spacial score (nSPS) is 12.0. The summed E-state index contributed by atoms with van der Waals surface area (Å²) in [4.78, 5) is 12.6. The van der Waals surface area contributed by atoms with Gasteiger partial charge in [0.05, 0.1) is 0 Å². The summed E-state index contributed by atoms with van der Waals surface area (Å²) in [6, 6.07) is 21.0. The molecule has 3 aromatic carbocycles. The van der Waals surface area contributed by atoms with Crippen LogP contribution in [0.1, 0.15) is 21.5 Å². The number of ketones is 1. The minimum absolute atomic E-state index is 0.00246. The topological polar surface area (TPSA) is 26.3 Å². The van der Waals surface area contributed by atoms with E-state index in [1.54, 1.807) is 12.1 Å². The lowest BCUT2D eigenvalue weighted by atomic mass is 10.1. The van der Waals surface area contributed by atoms with Crippen molar-refractivity contribution in [2.75, 3.05) is 0 Å². The molecule has 0 fully saturated rings. The molecule has 0 aromatic heterocycles. The van der Waals surface area contributed by atoms with E-state index < -0.39 is 0 Å². The molecule has 3 aromatic rings. The Kier molecular flexibility index (Phi) is 3.40. The van der Waals surface area contributed by atoms with Gasteiger partial charge >= 0.3 is 0 Å². The first-order valence-electron chi connectivity index (χ1n) is 7.38. The molecule has 0 saturated carbocycles. The Hall–Kier alpha value is -2.58. The van der Waals surface area contributed by atoms with Crippen molar-refractivity contribution in [1.82, 2.24) is 0 Å². The molecule has 0 radical (unpaired) electrons. The lowest BCUT2D eigenvalue weighted by molar-refractivity contribution is 0.104. The third kappa shape index (κ3) is 2.41. The highest BCUT2D eigenvalue weighted by Crippen LogP contribution is 2.42. The molecule has 0 aliphatic heterocycles. The summed E-state index contributed by atoms with van der Waals surface area (Å²) in [6.45, 7) is 0.474. The van der Waals surface area contributed by atoms with Crippen LogP contribution in [0.25, 0.3) is 11.1 Å². The molecule has 112 valence electrons. The van der Waals surface area contributed by atoms with Gasteiger partial charge in [0.2, 0.25) is 0 Å². The molecule has 2 nitrogen and oxygen atoms in total. The fourth-order valence-corrected chi connectivity index (χ4v) is 3.17. The summed E-state index contributed by atoms with van der Waals surface area (Å²) >= 11 is 6.26. The molecule has 0 unspecified atom stereocenters. The van der Waals surface area contributed by atoms with Crippen LogP contribution in [0.2, 0.25) is 5.02 Å². The number of carbonyl (C=O) groups is 1. The number of ether oxygens (including phenoxy) is 1. The predicted octanol–water partition coefficient (Wildman–Crippen LogP) is 5.13. The zero-order chi connectivity index (χ0) is 15.8. The fraction of sp³-hybridized carbons (Fsp3) is 0.0500. The summed E-state index contributed by atoms with van der Waals surface area (Å²) in [5.41, 5.74) is 4.10. The smallest absolute Gasteiger partial charge is 0.194 e. The highest BCUT2D eigenvalue weighted by atomic mass is 35.5. The van der Waals surface area contributed by atoms with Crippen LogP contribution in [0, 0.1) is 0 Å². The van der Waals surface area contributed by atoms with Gasteiger partial charge < -0.3 is 4.74 Å². The summed E-state index contributed by atoms with van der Waals surface area (Å²) in [7, 11) is 0. The second-order valence-electron chi connectivity index (χ2n) is 5.47. The van der Waals surface area contributed by atoms with Gasteiger partial charge in [-0.2, -0.15) is 0 Å². The van der Waals surface area contributed by atoms with Gasteiger partial charge in [-0.3, -0.25) is 4.79 Å². The van der Waals surface area contributed by atoms with E-state index in [4.69, 9.17) is 16.3 Å². The Balaban J connectivity index is 1.65. The van der Waals surface area contributed by atoms with E-state index in [9.17, 15) is 4.79 Å². The van der Waals surface area contributed by atoms with Gasteiger partial charge in [-0.25, -0.2) is 0 Å². The number of halogens is 1. The molecule has 1 aliphatic rings. The van der Waals surface area contributed by atoms with Gasteiger partial charge in [-0.15, -0.1) is 0 Å². The van der Waals surface area contributed by atoms with Crippen LogP contribution in [0.4, 0.5) is 0 Å². The van der Waals surface area contributed by atoms with E-state index in [0.29, 0.717) is 28.5 Å². The lowest BCUT2D eigenvalue weighted by Crippen LogP contribution is -1.98. The maximum Gasteiger partial charge on any atom is 0.194 e. The van der Waals surface area contributed by atoms with Crippen molar-refractivity contribution in [3.63, 3.8) is 0 Å². The van der Waals surface area contributed by atoms with Crippen LogP contribution < -0.4 is 4.74 Å². The minimum atomic E-state index is 0.00246. The molecule has 0 atom stereocenters. The fourth-order valence-electron chi connectivity index (χ4n) is 2.89. The number of hydrogen-bond donors (Lipinski definition) is 0. The van der Waals surface area contributed by atoms with Gasteiger partial charge in [0, 0.05) is 21.7 Å². The first kappa shape index (κ1) is 14.0. The molecule has 23 heavy (non-hydrogen) atoms. The van der Waals surface area contributed by atoms with Crippen LogP contribution in [0.15, 0.2) is 66.7 Å². The van der Waals surface area contributed by atoms with Crippen LogP contribution >= 0.6 is 11.6 Å². The van der Waals surface area contributed by atoms with Crippen molar-refractivity contribution in [3.05, 3.63) is 88.4 Å². The third-order valence-electron chi connectivity index (χ3n) is 4.01. The van der Waals surface area contributed by atoms with Gasteiger partial charge in [0.1, 0.15) is 12.4 Å². The largest absolute Gasteiger partial charge is 0.489 e. The van der Waals surface area contributed by atoms with E-state index in [1.165, 1.54) is 0 Å². The second-order valence-corrected chi connectivity index (χ2v) is 5.88. The number of rotatable bonds is 3. The van der Waals surface area contributed by atoms with Crippen molar-refractivity contribution in [3.8, 4) is 16.9 Å². The molecule has 0 spiro atoms. The summed E-state index contributed by atoms with van der Waals surface area (Å²) in [5.74, 6) is 0.688. The van der Waals surface area contributed by atoms with E-state index >= 15 is 0 Å². The Morgan fingerprint density at radius 3 is 2.48 bits per heavy atom. The second kappa shape index (κ2) is 5.56. The SMILES string of the molecule is O=C1c2cc(OCc3ccccc3)ccc2-c2c(Cl)cccc21. The molecule has 0 heterocycles. The Morgan fingerprint density at radius 1 is 0.826 bits per heavy atom. The number of fused-ring (bicyclic) bond motifs is 3. The summed E-state index contributed by atoms with van der Waals surface area (Å²) in [6.07, 6.45) is 0. The standard InChI is InChI=1S/C20H13ClO2/c21-18-8-4-7-16-19(18)15-10-9-14(11-17(15)20(16)22)23-12-13-5-2-1-3-6-13/h1-11H,12H2. The zero-order valence-electron chi connectivity index (χ0n) is 12.3. The first-order valence-corrected chi connectivity index (χ1v) is 7.76. The summed E-state index contributed by atoms with van der Waals surface area (Å²) < 4.78 is 5.81. The molecule has 0 bridgehead atoms. The average molecular weight is 321 g/mol. The Morgan fingerprint density at radius 2 is 1.65 bits per heavy atom. The highest BCUT2D eigenvalue weighted by Gasteiger charge is 2.28. The molecule has 0 amide bonds. The van der Waals surface area contributed by atoms with Gasteiger partial charge in [-0.05, 0) is 35.4 Å². The van der Waals surface area contributed by atoms with Gasteiger partial charge in [-0.1, -0.05) is 54.1 Å². The summed E-state index contributed by atoms with van der Waals surface area (Å²) in [5, 5.41) is 0.604. The molecule has 0 N–H and O–H groups in total. The quantitative estimate of drug-likeness (QED) is 0.523. The number of benzene rings is 3. The van der Waals surface area contributed by atoms with Crippen molar-refractivity contribution in [1.29, 1.82) is 0 Å². The van der Waals surface area contributed by atoms with Crippen molar-refractivity contribution in [2.45, 2.75) is 6.61 Å². The third-order valence-corrected chi connectivity index (χ3v) is 4.33. The van der Waals surface area contributed by atoms with E-state index in [2.05, 4.69) is 0 Å². The number of hydrogen-bond acceptors (Lipinski definition) is 2. The van der Waals surface area contributed by atoms with Crippen LogP contribution in [-0.2, 0) is 6.61 Å². The molecular formula is C20H13ClO2. The Labute approximate surface area is 139 Å². The minimum Gasteiger partial charge on any atom is -0.489 e. The molecule has 3 heteroatoms. The average Bonchev–Trinajstić information content (AvgIpc) is 2.88. The van der Waals surface area contributed by atoms with Crippen molar-refractivity contribution >= 4 is 17.4 Å². The van der Waals surface area contributed by atoms with Crippen molar-refractivity contribution in [2.24, 2.45) is 0 Å². The molecule has 4 rings (SSSR count). The van der Waals surface area contributed by atoms with E-state index in [-0.39, 0.29) is 5.78 Å². The van der Waals surface area contributed by atoms with Gasteiger partial charge in [0.25, 0.3) is 0 Å². The number of carbonyl (C=O) groups excluding carboxylic acids is 1. The van der Waals surface area contributed by atoms with Crippen LogP contribution in [0.3, 0.4) is 0 Å². The Bertz CT molecular complexity index is 901. The molecule has 0 saturated heterocycles. The predicted molar refractivity (Wildman–Crippen MR) is 91.1 cm³/mol. The van der Waals surface area contributed by atoms with Crippen LogP contribution in [-0.4, -0.2) is 5.78 Å².